The van der Waals surface area contributed by atoms with E-state index in [4.69, 9.17) is 28.4 Å². The van der Waals surface area contributed by atoms with Crippen LogP contribution in [0.5, 0.6) is 0 Å². The summed E-state index contributed by atoms with van der Waals surface area (Å²) in [7, 11) is -4.81. The van der Waals surface area contributed by atoms with Crippen molar-refractivity contribution in [3.05, 3.63) is 108 Å². The third-order valence-electron chi connectivity index (χ3n) is 10.7. The van der Waals surface area contributed by atoms with Crippen LogP contribution in [0.2, 0.25) is 0 Å². The van der Waals surface area contributed by atoms with Crippen molar-refractivity contribution in [2.24, 2.45) is 0 Å². The van der Waals surface area contributed by atoms with Gasteiger partial charge in [0.15, 0.2) is 6.29 Å². The molecule has 4 rings (SSSR count). The maximum Gasteiger partial charge on any atom is 1.00 e. The molecule has 1 unspecified atom stereocenters. The number of rotatable bonds is 32. The van der Waals surface area contributed by atoms with Gasteiger partial charge in [0.1, 0.15) is 37.1 Å². The zero-order chi connectivity index (χ0) is 42.7. The minimum Gasteiger partial charge on any atom is -0.748 e. The molecule has 3 aromatic carbocycles. The van der Waals surface area contributed by atoms with Crippen molar-refractivity contribution in [2.45, 2.75) is 166 Å². The van der Waals surface area contributed by atoms with Crippen molar-refractivity contribution >= 4 is 16.1 Å². The van der Waals surface area contributed by atoms with Gasteiger partial charge in [-0.3, -0.25) is 4.79 Å². The van der Waals surface area contributed by atoms with E-state index >= 15 is 0 Å². The molecule has 1 aliphatic rings. The van der Waals surface area contributed by atoms with E-state index in [1.165, 1.54) is 77.0 Å². The van der Waals surface area contributed by atoms with Crippen LogP contribution < -0.4 is 29.6 Å². The molecule has 0 spiro atoms. The van der Waals surface area contributed by atoms with E-state index in [2.05, 4.69) is 6.92 Å². The first kappa shape index (κ1) is 53.1. The number of aliphatic hydroxyl groups excluding tert-OH is 1. The molecular formula is C48H69NaO11S. The second-order valence-corrected chi connectivity index (χ2v) is 17.4. The topological polar surface area (TPSA) is 150 Å². The molecule has 11 nitrogen and oxygen atoms in total. The maximum absolute atomic E-state index is 12.5. The summed E-state index contributed by atoms with van der Waals surface area (Å²) >= 11 is 0. The number of carbonyl (C=O) groups excluding carboxylic acids is 1. The van der Waals surface area contributed by atoms with Crippen LogP contribution in [-0.4, -0.2) is 79.8 Å². The molecule has 0 aromatic heterocycles. The van der Waals surface area contributed by atoms with Gasteiger partial charge in [-0.05, 0) is 23.1 Å². The minimum atomic E-state index is -4.81. The van der Waals surface area contributed by atoms with Crippen LogP contribution in [0.25, 0.3) is 0 Å². The van der Waals surface area contributed by atoms with Crippen LogP contribution >= 0.6 is 0 Å². The molecule has 3 aromatic rings. The van der Waals surface area contributed by atoms with Gasteiger partial charge >= 0.3 is 35.5 Å². The monoisotopic (exact) mass is 876 g/mol. The zero-order valence-electron chi connectivity index (χ0n) is 36.6. The smallest absolute Gasteiger partial charge is 0.748 e. The minimum absolute atomic E-state index is 0. The molecule has 1 saturated heterocycles. The molecule has 61 heavy (non-hydrogen) atoms. The molecular weight excluding hydrogens is 808 g/mol. The Morgan fingerprint density at radius 2 is 1.02 bits per heavy atom. The Balaban J connectivity index is 0.00000992. The van der Waals surface area contributed by atoms with Gasteiger partial charge in [0.2, 0.25) is 0 Å². The van der Waals surface area contributed by atoms with E-state index in [1.54, 1.807) is 0 Å². The molecule has 0 aliphatic carbocycles. The molecule has 13 heteroatoms. The Kier molecular flexibility index (Phi) is 27.5. The van der Waals surface area contributed by atoms with Crippen LogP contribution in [0.3, 0.4) is 0 Å². The van der Waals surface area contributed by atoms with Gasteiger partial charge in [-0.1, -0.05) is 188 Å². The average Bonchev–Trinajstić information content (AvgIpc) is 3.25. The molecule has 0 radical (unpaired) electrons. The number of carbonyl (C=O) groups is 1. The van der Waals surface area contributed by atoms with Gasteiger partial charge < -0.3 is 38.1 Å². The molecule has 6 atom stereocenters. The Bertz CT molecular complexity index is 1650. The van der Waals surface area contributed by atoms with E-state index < -0.39 is 58.7 Å². The fourth-order valence-electron chi connectivity index (χ4n) is 7.37. The number of unbranched alkanes of at least 4 members (excludes halogenated alkanes) is 14. The summed E-state index contributed by atoms with van der Waals surface area (Å²) in [6.45, 7) is 1.94. The van der Waals surface area contributed by atoms with Crippen molar-refractivity contribution in [3.63, 3.8) is 0 Å². The quantitative estimate of drug-likeness (QED) is 0.0331. The predicted octanol–water partition coefficient (Wildman–Crippen LogP) is 6.20. The van der Waals surface area contributed by atoms with E-state index in [9.17, 15) is 22.9 Å². The Morgan fingerprint density at radius 3 is 1.46 bits per heavy atom. The number of benzene rings is 3. The van der Waals surface area contributed by atoms with Gasteiger partial charge in [-0.25, -0.2) is 8.42 Å². The third kappa shape index (κ3) is 22.8. The molecule has 0 bridgehead atoms. The van der Waals surface area contributed by atoms with Crippen molar-refractivity contribution in [2.75, 3.05) is 19.0 Å². The van der Waals surface area contributed by atoms with Crippen LogP contribution in [0.4, 0.5) is 0 Å². The second-order valence-electron chi connectivity index (χ2n) is 15.9. The van der Waals surface area contributed by atoms with E-state index in [-0.39, 0.29) is 69.0 Å². The van der Waals surface area contributed by atoms with Gasteiger partial charge in [0, 0.05) is 6.42 Å². The molecule has 1 aliphatic heterocycles. The molecule has 0 saturated carbocycles. The van der Waals surface area contributed by atoms with Crippen LogP contribution in [-0.2, 0) is 63.2 Å². The van der Waals surface area contributed by atoms with Crippen molar-refractivity contribution < 1.29 is 80.9 Å². The van der Waals surface area contributed by atoms with E-state index in [0.717, 1.165) is 36.0 Å². The Labute approximate surface area is 387 Å². The molecule has 334 valence electrons. The van der Waals surface area contributed by atoms with Gasteiger partial charge in [-0.2, -0.15) is 0 Å². The fourth-order valence-corrected chi connectivity index (χ4v) is 8.04. The van der Waals surface area contributed by atoms with Crippen LogP contribution in [0.1, 0.15) is 126 Å². The van der Waals surface area contributed by atoms with Crippen LogP contribution in [0, 0.1) is 0 Å². The van der Waals surface area contributed by atoms with E-state index in [1.807, 2.05) is 91.0 Å². The van der Waals surface area contributed by atoms with Gasteiger partial charge in [0.05, 0.1) is 42.3 Å². The summed E-state index contributed by atoms with van der Waals surface area (Å²) in [5, 5.41) is 10.9. The van der Waals surface area contributed by atoms with Crippen molar-refractivity contribution in [1.29, 1.82) is 0 Å². The zero-order valence-corrected chi connectivity index (χ0v) is 39.4. The van der Waals surface area contributed by atoms with Crippen LogP contribution in [0.15, 0.2) is 91.0 Å². The summed E-state index contributed by atoms with van der Waals surface area (Å²) in [5.41, 5.74) is 2.52. The number of aliphatic hydroxyl groups is 1. The Hall–Kier alpha value is -2.20. The van der Waals surface area contributed by atoms with E-state index in [0.29, 0.717) is 0 Å². The summed E-state index contributed by atoms with van der Waals surface area (Å²) in [5.74, 6) is -1.31. The SMILES string of the molecule is CCCCCCCCCCCCCCCCCC(=O)OCC(O)CO[C@@H]1O[C@H](CS(=O)(=O)[O-])[C@H](OCc2ccccc2)[C@H](OCc2ccccc2)[C@H]1OCc1ccccc1.[Na+]. The largest absolute Gasteiger partial charge is 1.00 e. The van der Waals surface area contributed by atoms with Crippen molar-refractivity contribution in [3.8, 4) is 0 Å². The summed E-state index contributed by atoms with van der Waals surface area (Å²) in [6, 6.07) is 28.2. The first-order chi connectivity index (χ1) is 29.2. The molecule has 1 N–H and O–H groups in total. The third-order valence-corrected chi connectivity index (χ3v) is 11.4. The summed E-state index contributed by atoms with van der Waals surface area (Å²) < 4.78 is 73.7. The summed E-state index contributed by atoms with van der Waals surface area (Å²) in [6.07, 6.45) is 11.9. The van der Waals surface area contributed by atoms with Crippen molar-refractivity contribution in [1.82, 2.24) is 0 Å². The molecule has 1 fully saturated rings. The number of esters is 1. The molecule has 1 heterocycles. The fraction of sp³-hybridized carbons (Fsp3) is 0.604. The standard InChI is InChI=1S/C48H70O11S.Na/c1-2-3-4-5-6-7-8-9-10-11-12-13-14-15-25-32-44(50)54-36-42(49)37-58-48-47(57-35-41-30-23-18-24-31-41)46(56-34-40-28-21-17-22-29-40)45(43(59-48)38-60(51,52)53)55-33-39-26-19-16-20-27-39;/h16-24,26-31,42-43,45-49H,2-15,25,32-38H2,1H3,(H,51,52,53);/q;+1/p-1/t42?,43-,45+,46+,47-,48-;/m1./s1. The Morgan fingerprint density at radius 1 is 0.607 bits per heavy atom. The average molecular weight is 877 g/mol. The first-order valence-corrected chi connectivity index (χ1v) is 23.8. The van der Waals surface area contributed by atoms with Gasteiger partial charge in [-0.15, -0.1) is 0 Å². The van der Waals surface area contributed by atoms with Gasteiger partial charge in [0.25, 0.3) is 0 Å². The normalized spacial score (nSPS) is 19.6. The maximum atomic E-state index is 12.5. The predicted molar refractivity (Wildman–Crippen MR) is 231 cm³/mol. The number of hydrogen-bond donors (Lipinski definition) is 1. The summed E-state index contributed by atoms with van der Waals surface area (Å²) in [4.78, 5) is 12.5. The second kappa shape index (κ2) is 31.6. The molecule has 0 amide bonds. The number of hydrogen-bond acceptors (Lipinski definition) is 11. The first-order valence-electron chi connectivity index (χ1n) is 22.2. The number of ether oxygens (including phenoxy) is 6.